The van der Waals surface area contributed by atoms with Crippen LogP contribution in [0.4, 0.5) is 0 Å². The Morgan fingerprint density at radius 1 is 1.57 bits per heavy atom. The van der Waals surface area contributed by atoms with Gasteiger partial charge in [-0.05, 0) is 19.9 Å². The Balaban J connectivity index is 0.00000200. The number of hydrogen-bond acceptors (Lipinski definition) is 4. The van der Waals surface area contributed by atoms with Crippen LogP contribution in [0.25, 0.3) is 0 Å². The highest BCUT2D eigenvalue weighted by molar-refractivity contribution is 8.93. The SMILES string of the molecule is Br.Br.CN[C@@H](Cc1cnc[nH]1)C(=O)N1CCC[C@H]1C(N)=O. The molecule has 9 heteroatoms. The van der Waals surface area contributed by atoms with E-state index in [-0.39, 0.29) is 45.9 Å². The first-order chi connectivity index (χ1) is 9.13. The maximum Gasteiger partial charge on any atom is 0.240 e. The highest BCUT2D eigenvalue weighted by atomic mass is 79.9. The molecule has 1 aromatic heterocycles. The number of nitrogens with one attached hydrogen (secondary N) is 2. The highest BCUT2D eigenvalue weighted by Gasteiger charge is 2.35. The molecule has 0 radical (unpaired) electrons. The lowest BCUT2D eigenvalue weighted by molar-refractivity contribution is -0.138. The van der Waals surface area contributed by atoms with Crippen molar-refractivity contribution in [1.29, 1.82) is 0 Å². The summed E-state index contributed by atoms with van der Waals surface area (Å²) < 4.78 is 0. The number of H-pyrrole nitrogens is 1. The number of carbonyl (C=O) groups is 2. The fourth-order valence-corrected chi connectivity index (χ4v) is 2.46. The topological polar surface area (TPSA) is 104 Å². The Hall–Kier alpha value is -0.930. The van der Waals surface area contributed by atoms with Crippen molar-refractivity contribution in [2.24, 2.45) is 5.73 Å². The maximum atomic E-state index is 12.4. The molecule has 120 valence electrons. The Bertz CT molecular complexity index is 455. The molecule has 4 N–H and O–H groups in total. The number of amides is 2. The quantitative estimate of drug-likeness (QED) is 0.624. The summed E-state index contributed by atoms with van der Waals surface area (Å²) in [5, 5.41) is 2.99. The summed E-state index contributed by atoms with van der Waals surface area (Å²) in [4.78, 5) is 32.3. The lowest BCUT2D eigenvalue weighted by Crippen LogP contribution is -2.51. The average molecular weight is 427 g/mol. The van der Waals surface area contributed by atoms with Crippen LogP contribution in [0.2, 0.25) is 0 Å². The number of aromatic nitrogens is 2. The summed E-state index contributed by atoms with van der Waals surface area (Å²) >= 11 is 0. The lowest BCUT2D eigenvalue weighted by atomic mass is 10.1. The van der Waals surface area contributed by atoms with Gasteiger partial charge < -0.3 is 20.9 Å². The van der Waals surface area contributed by atoms with Gasteiger partial charge in [-0.1, -0.05) is 0 Å². The minimum absolute atomic E-state index is 0. The first-order valence-corrected chi connectivity index (χ1v) is 6.37. The van der Waals surface area contributed by atoms with Crippen molar-refractivity contribution < 1.29 is 9.59 Å². The summed E-state index contributed by atoms with van der Waals surface area (Å²) in [5.74, 6) is -0.513. The molecule has 1 aliphatic rings. The molecule has 1 saturated heterocycles. The van der Waals surface area contributed by atoms with Gasteiger partial charge in [0.05, 0.1) is 12.4 Å². The number of nitrogens with two attached hydrogens (primary N) is 1. The molecule has 2 rings (SSSR count). The number of nitrogens with zero attached hydrogens (tertiary/aromatic N) is 2. The molecule has 1 aromatic rings. The van der Waals surface area contributed by atoms with Crippen molar-refractivity contribution in [2.75, 3.05) is 13.6 Å². The molecule has 0 spiro atoms. The van der Waals surface area contributed by atoms with Crippen LogP contribution in [0.5, 0.6) is 0 Å². The van der Waals surface area contributed by atoms with E-state index in [1.165, 1.54) is 0 Å². The van der Waals surface area contributed by atoms with Crippen molar-refractivity contribution in [3.63, 3.8) is 0 Å². The first kappa shape index (κ1) is 20.1. The molecule has 0 aliphatic carbocycles. The van der Waals surface area contributed by atoms with Gasteiger partial charge in [0, 0.05) is 24.9 Å². The van der Waals surface area contributed by atoms with Gasteiger partial charge in [0.1, 0.15) is 6.04 Å². The molecule has 0 saturated carbocycles. The molecule has 1 fully saturated rings. The van der Waals surface area contributed by atoms with Crippen LogP contribution in [0, 0.1) is 0 Å². The number of carbonyl (C=O) groups excluding carboxylic acids is 2. The normalized spacial score (nSPS) is 18.5. The largest absolute Gasteiger partial charge is 0.368 e. The van der Waals surface area contributed by atoms with E-state index in [1.807, 2.05) is 0 Å². The predicted molar refractivity (Wildman–Crippen MR) is 89.7 cm³/mol. The predicted octanol–water partition coefficient (Wildman–Crippen LogP) is 0.172. The van der Waals surface area contributed by atoms with E-state index < -0.39 is 11.9 Å². The van der Waals surface area contributed by atoms with Gasteiger partial charge >= 0.3 is 0 Å². The van der Waals surface area contributed by atoms with Crippen molar-refractivity contribution >= 4 is 45.8 Å². The fourth-order valence-electron chi connectivity index (χ4n) is 2.46. The number of hydrogen-bond donors (Lipinski definition) is 3. The van der Waals surface area contributed by atoms with Crippen molar-refractivity contribution in [2.45, 2.75) is 31.3 Å². The molecule has 0 bridgehead atoms. The van der Waals surface area contributed by atoms with Crippen molar-refractivity contribution in [1.82, 2.24) is 20.2 Å². The number of halogens is 2. The van der Waals surface area contributed by atoms with Crippen LogP contribution < -0.4 is 11.1 Å². The smallest absolute Gasteiger partial charge is 0.240 e. The molecule has 2 atom stereocenters. The van der Waals surface area contributed by atoms with Crippen molar-refractivity contribution in [3.05, 3.63) is 18.2 Å². The number of aromatic amines is 1. The second kappa shape index (κ2) is 9.16. The van der Waals surface area contributed by atoms with Crippen LogP contribution >= 0.6 is 34.0 Å². The number of primary amides is 1. The summed E-state index contributed by atoms with van der Waals surface area (Å²) in [6.45, 7) is 0.591. The fraction of sp³-hybridized carbons (Fsp3) is 0.583. The average Bonchev–Trinajstić information content (AvgIpc) is 3.05. The molecule has 2 heterocycles. The number of likely N-dealkylation sites (tertiary alicyclic amines) is 1. The van der Waals surface area contributed by atoms with Crippen LogP contribution in [0.15, 0.2) is 12.5 Å². The molecule has 2 amide bonds. The van der Waals surface area contributed by atoms with Gasteiger partial charge in [-0.25, -0.2) is 4.98 Å². The number of imidazole rings is 1. The van der Waals surface area contributed by atoms with E-state index in [2.05, 4.69) is 15.3 Å². The van der Waals surface area contributed by atoms with Gasteiger partial charge in [-0.2, -0.15) is 0 Å². The Kier molecular flexibility index (Phi) is 8.76. The van der Waals surface area contributed by atoms with E-state index in [9.17, 15) is 9.59 Å². The first-order valence-electron chi connectivity index (χ1n) is 6.37. The Labute approximate surface area is 144 Å². The van der Waals surface area contributed by atoms with Crippen LogP contribution in [-0.4, -0.2) is 52.4 Å². The standard InChI is InChI=1S/C12H19N5O2.2BrH/c1-14-9(5-8-6-15-7-16-8)12(19)17-4-2-3-10(17)11(13)18;;/h6-7,9-10,14H,2-5H2,1H3,(H2,13,18)(H,15,16);2*1H/t9-,10-;;/m0../s1. The summed E-state index contributed by atoms with van der Waals surface area (Å²) in [7, 11) is 1.73. The van der Waals surface area contributed by atoms with Crippen LogP contribution in [-0.2, 0) is 16.0 Å². The molecule has 1 aliphatic heterocycles. The Morgan fingerprint density at radius 2 is 2.29 bits per heavy atom. The Morgan fingerprint density at radius 3 is 2.81 bits per heavy atom. The van der Waals surface area contributed by atoms with E-state index in [1.54, 1.807) is 24.5 Å². The van der Waals surface area contributed by atoms with E-state index >= 15 is 0 Å². The second-order valence-corrected chi connectivity index (χ2v) is 4.71. The van der Waals surface area contributed by atoms with Gasteiger partial charge in [-0.3, -0.25) is 9.59 Å². The molecule has 0 unspecified atom stereocenters. The van der Waals surface area contributed by atoms with Crippen LogP contribution in [0.3, 0.4) is 0 Å². The van der Waals surface area contributed by atoms with Gasteiger partial charge in [0.25, 0.3) is 0 Å². The lowest BCUT2D eigenvalue weighted by Gasteiger charge is -2.26. The molecular weight excluding hydrogens is 406 g/mol. The summed E-state index contributed by atoms with van der Waals surface area (Å²) in [6.07, 6.45) is 5.25. The van der Waals surface area contributed by atoms with E-state index in [0.717, 1.165) is 12.1 Å². The summed E-state index contributed by atoms with van der Waals surface area (Å²) in [6, 6.07) is -0.842. The van der Waals surface area contributed by atoms with E-state index in [0.29, 0.717) is 19.4 Å². The number of rotatable bonds is 5. The van der Waals surface area contributed by atoms with Gasteiger partial charge in [0.15, 0.2) is 0 Å². The third kappa shape index (κ3) is 4.79. The van der Waals surface area contributed by atoms with Crippen LogP contribution in [0.1, 0.15) is 18.5 Å². The zero-order chi connectivity index (χ0) is 13.8. The molecule has 21 heavy (non-hydrogen) atoms. The maximum absolute atomic E-state index is 12.4. The zero-order valence-electron chi connectivity index (χ0n) is 11.7. The van der Waals surface area contributed by atoms with E-state index in [4.69, 9.17) is 5.73 Å². The zero-order valence-corrected chi connectivity index (χ0v) is 15.2. The highest BCUT2D eigenvalue weighted by Crippen LogP contribution is 2.18. The van der Waals surface area contributed by atoms with Crippen molar-refractivity contribution in [3.8, 4) is 0 Å². The minimum atomic E-state index is -0.467. The monoisotopic (exact) mass is 425 g/mol. The third-order valence-electron chi connectivity index (χ3n) is 3.49. The van der Waals surface area contributed by atoms with Gasteiger partial charge in [0.2, 0.25) is 11.8 Å². The number of likely N-dealkylation sites (N-methyl/N-ethyl adjacent to an activating group) is 1. The van der Waals surface area contributed by atoms with Gasteiger partial charge in [-0.15, -0.1) is 34.0 Å². The molecule has 7 nitrogen and oxygen atoms in total. The summed E-state index contributed by atoms with van der Waals surface area (Å²) in [5.41, 5.74) is 6.21. The molecular formula is C12H21Br2N5O2. The molecule has 0 aromatic carbocycles. The third-order valence-corrected chi connectivity index (χ3v) is 3.49. The minimum Gasteiger partial charge on any atom is -0.368 e. The second-order valence-electron chi connectivity index (χ2n) is 4.71.